The molecule has 5 nitrogen and oxygen atoms in total. The molecule has 2 rings (SSSR count). The average Bonchev–Trinajstić information content (AvgIpc) is 2.53. The summed E-state index contributed by atoms with van der Waals surface area (Å²) in [6, 6.07) is 5.20. The number of nitrogens with two attached hydrogens (primary N) is 1. The smallest absolute Gasteiger partial charge is 0.164 e. The van der Waals surface area contributed by atoms with Crippen LogP contribution in [0.25, 0.3) is 0 Å². The van der Waals surface area contributed by atoms with Crippen LogP contribution < -0.4 is 19.9 Å². The molecule has 2 N–H and O–H groups in total. The van der Waals surface area contributed by atoms with Crippen molar-refractivity contribution < 1.29 is 14.2 Å². The first kappa shape index (κ1) is 15.1. The zero-order chi connectivity index (χ0) is 15.4. The zero-order valence-electron chi connectivity index (χ0n) is 12.7. The zero-order valence-corrected chi connectivity index (χ0v) is 12.7. The Morgan fingerprint density at radius 2 is 1.57 bits per heavy atom. The summed E-state index contributed by atoms with van der Waals surface area (Å²) in [5, 5.41) is 0. The number of aryl methyl sites for hydroxylation is 1. The molecule has 0 spiro atoms. The molecule has 0 saturated carbocycles. The minimum atomic E-state index is -0.353. The molecule has 0 aliphatic rings. The van der Waals surface area contributed by atoms with E-state index in [4.69, 9.17) is 19.9 Å². The third kappa shape index (κ3) is 2.92. The molecule has 112 valence electrons. The molecule has 1 aromatic carbocycles. The van der Waals surface area contributed by atoms with E-state index in [-0.39, 0.29) is 6.04 Å². The van der Waals surface area contributed by atoms with Crippen LogP contribution in [0.2, 0.25) is 0 Å². The predicted octanol–water partition coefficient (Wildman–Crippen LogP) is 2.46. The van der Waals surface area contributed by atoms with Crippen LogP contribution in [0.5, 0.6) is 17.2 Å². The van der Waals surface area contributed by atoms with Crippen molar-refractivity contribution in [3.8, 4) is 17.2 Å². The molecule has 0 saturated heterocycles. The second kappa shape index (κ2) is 6.45. The minimum Gasteiger partial charge on any atom is -0.496 e. The summed E-state index contributed by atoms with van der Waals surface area (Å²) < 4.78 is 16.1. The Kier molecular flexibility index (Phi) is 4.65. The van der Waals surface area contributed by atoms with Crippen LogP contribution in [0, 0.1) is 6.92 Å². The number of benzene rings is 1. The fourth-order valence-electron chi connectivity index (χ4n) is 2.27. The fourth-order valence-corrected chi connectivity index (χ4v) is 2.27. The van der Waals surface area contributed by atoms with Crippen LogP contribution in [0.3, 0.4) is 0 Å². The number of methoxy groups -OCH3 is 3. The summed E-state index contributed by atoms with van der Waals surface area (Å²) >= 11 is 0. The molecular formula is C16H20N2O3. The first-order chi connectivity index (χ1) is 10.1. The van der Waals surface area contributed by atoms with E-state index in [1.54, 1.807) is 39.8 Å². The van der Waals surface area contributed by atoms with Gasteiger partial charge in [-0.2, -0.15) is 0 Å². The SMILES string of the molecule is COc1cc(OC)c(C(N)c2cnccc2C)cc1OC. The summed E-state index contributed by atoms with van der Waals surface area (Å²) in [4.78, 5) is 4.15. The quantitative estimate of drug-likeness (QED) is 0.915. The molecule has 21 heavy (non-hydrogen) atoms. The number of hydrogen-bond donors (Lipinski definition) is 1. The maximum Gasteiger partial charge on any atom is 0.164 e. The van der Waals surface area contributed by atoms with Crippen molar-refractivity contribution in [2.75, 3.05) is 21.3 Å². The highest BCUT2D eigenvalue weighted by molar-refractivity contribution is 5.53. The molecule has 1 atom stereocenters. The van der Waals surface area contributed by atoms with Crippen LogP contribution >= 0.6 is 0 Å². The van der Waals surface area contributed by atoms with Crippen LogP contribution in [0.1, 0.15) is 22.7 Å². The monoisotopic (exact) mass is 288 g/mol. The molecule has 0 radical (unpaired) electrons. The van der Waals surface area contributed by atoms with Crippen molar-refractivity contribution in [2.45, 2.75) is 13.0 Å². The van der Waals surface area contributed by atoms with E-state index < -0.39 is 0 Å². The Morgan fingerprint density at radius 1 is 0.952 bits per heavy atom. The van der Waals surface area contributed by atoms with E-state index in [1.165, 1.54) is 0 Å². The highest BCUT2D eigenvalue weighted by Crippen LogP contribution is 2.38. The van der Waals surface area contributed by atoms with Gasteiger partial charge >= 0.3 is 0 Å². The molecule has 0 bridgehead atoms. The Labute approximate surface area is 124 Å². The van der Waals surface area contributed by atoms with Gasteiger partial charge in [-0.25, -0.2) is 0 Å². The summed E-state index contributed by atoms with van der Waals surface area (Å²) in [6.07, 6.45) is 3.52. The fraction of sp³-hybridized carbons (Fsp3) is 0.312. The molecule has 0 aliphatic carbocycles. The van der Waals surface area contributed by atoms with Crippen LogP contribution in [0.4, 0.5) is 0 Å². The first-order valence-corrected chi connectivity index (χ1v) is 6.58. The standard InChI is InChI=1S/C16H20N2O3/c1-10-5-6-18-9-12(10)16(17)11-7-14(20-3)15(21-4)8-13(11)19-2/h5-9,16H,17H2,1-4H3. The van der Waals surface area contributed by atoms with Crippen molar-refractivity contribution in [1.29, 1.82) is 0 Å². The van der Waals surface area contributed by atoms with Crippen molar-refractivity contribution in [2.24, 2.45) is 5.73 Å². The second-order valence-electron chi connectivity index (χ2n) is 4.66. The number of hydrogen-bond acceptors (Lipinski definition) is 5. The van der Waals surface area contributed by atoms with E-state index in [9.17, 15) is 0 Å². The third-order valence-corrected chi connectivity index (χ3v) is 3.49. The van der Waals surface area contributed by atoms with Gasteiger partial charge < -0.3 is 19.9 Å². The van der Waals surface area contributed by atoms with E-state index in [1.807, 2.05) is 19.1 Å². The second-order valence-corrected chi connectivity index (χ2v) is 4.66. The maximum absolute atomic E-state index is 6.39. The van der Waals surface area contributed by atoms with E-state index in [0.717, 1.165) is 16.7 Å². The third-order valence-electron chi connectivity index (χ3n) is 3.49. The van der Waals surface area contributed by atoms with Gasteiger partial charge in [0.05, 0.1) is 27.4 Å². The summed E-state index contributed by atoms with van der Waals surface area (Å²) in [6.45, 7) is 2.00. The number of pyridine rings is 1. The number of aromatic nitrogens is 1. The van der Waals surface area contributed by atoms with Gasteiger partial charge in [-0.05, 0) is 30.2 Å². The lowest BCUT2D eigenvalue weighted by molar-refractivity contribution is 0.347. The van der Waals surface area contributed by atoms with E-state index in [2.05, 4.69) is 4.98 Å². The lowest BCUT2D eigenvalue weighted by Gasteiger charge is -2.20. The van der Waals surface area contributed by atoms with Gasteiger partial charge in [0.2, 0.25) is 0 Å². The molecule has 1 heterocycles. The van der Waals surface area contributed by atoms with Crippen molar-refractivity contribution >= 4 is 0 Å². The average molecular weight is 288 g/mol. The first-order valence-electron chi connectivity index (χ1n) is 6.58. The van der Waals surface area contributed by atoms with E-state index in [0.29, 0.717) is 17.2 Å². The number of nitrogens with zero attached hydrogens (tertiary/aromatic N) is 1. The van der Waals surface area contributed by atoms with Gasteiger partial charge in [0, 0.05) is 24.0 Å². The molecule has 1 aromatic heterocycles. The molecule has 5 heteroatoms. The number of ether oxygens (including phenoxy) is 3. The Hall–Kier alpha value is -2.27. The predicted molar refractivity (Wildman–Crippen MR) is 81.1 cm³/mol. The molecule has 1 unspecified atom stereocenters. The molecular weight excluding hydrogens is 268 g/mol. The van der Waals surface area contributed by atoms with E-state index >= 15 is 0 Å². The Morgan fingerprint density at radius 3 is 2.14 bits per heavy atom. The van der Waals surface area contributed by atoms with Crippen LogP contribution in [-0.2, 0) is 0 Å². The Bertz CT molecular complexity index is 629. The van der Waals surface area contributed by atoms with Gasteiger partial charge in [0.25, 0.3) is 0 Å². The summed E-state index contributed by atoms with van der Waals surface area (Å²) in [7, 11) is 4.78. The van der Waals surface area contributed by atoms with Gasteiger partial charge in [-0.3, -0.25) is 4.98 Å². The largest absolute Gasteiger partial charge is 0.496 e. The van der Waals surface area contributed by atoms with Crippen molar-refractivity contribution in [3.63, 3.8) is 0 Å². The lowest BCUT2D eigenvalue weighted by atomic mass is 9.96. The van der Waals surface area contributed by atoms with Crippen LogP contribution in [0.15, 0.2) is 30.6 Å². The highest BCUT2D eigenvalue weighted by atomic mass is 16.5. The van der Waals surface area contributed by atoms with Crippen molar-refractivity contribution in [1.82, 2.24) is 4.98 Å². The molecule has 0 amide bonds. The van der Waals surface area contributed by atoms with Gasteiger partial charge in [-0.1, -0.05) is 0 Å². The Balaban J connectivity index is 2.54. The van der Waals surface area contributed by atoms with Gasteiger partial charge in [-0.15, -0.1) is 0 Å². The minimum absolute atomic E-state index is 0.353. The van der Waals surface area contributed by atoms with Crippen molar-refractivity contribution in [3.05, 3.63) is 47.3 Å². The summed E-state index contributed by atoms with van der Waals surface area (Å²) in [5.41, 5.74) is 9.24. The summed E-state index contributed by atoms with van der Waals surface area (Å²) in [5.74, 6) is 1.88. The van der Waals surface area contributed by atoms with Gasteiger partial charge in [0.1, 0.15) is 5.75 Å². The molecule has 2 aromatic rings. The topological polar surface area (TPSA) is 66.6 Å². The van der Waals surface area contributed by atoms with Crippen LogP contribution in [-0.4, -0.2) is 26.3 Å². The molecule has 0 fully saturated rings. The lowest BCUT2D eigenvalue weighted by Crippen LogP contribution is -2.15. The normalized spacial score (nSPS) is 11.9. The van der Waals surface area contributed by atoms with Gasteiger partial charge in [0.15, 0.2) is 11.5 Å². The molecule has 0 aliphatic heterocycles. The number of rotatable bonds is 5. The maximum atomic E-state index is 6.39. The highest BCUT2D eigenvalue weighted by Gasteiger charge is 2.19.